The molecule has 0 bridgehead atoms. The van der Waals surface area contributed by atoms with Crippen LogP contribution in [-0.4, -0.2) is 13.2 Å². The molecule has 0 aromatic heterocycles. The Morgan fingerprint density at radius 2 is 2.00 bits per heavy atom. The van der Waals surface area contributed by atoms with Gasteiger partial charge < -0.3 is 10.5 Å². The summed E-state index contributed by atoms with van der Waals surface area (Å²) < 4.78 is 5.46. The van der Waals surface area contributed by atoms with Crippen LogP contribution >= 0.6 is 12.4 Å². The van der Waals surface area contributed by atoms with Gasteiger partial charge in [-0.3, -0.25) is 0 Å². The Morgan fingerprint density at radius 3 is 2.79 bits per heavy atom. The number of rotatable bonds is 3. The standard InChI is InChI=1S/C11H15NO.ClH/c12-6-7-13-11-5-4-9-2-1-3-10(9)8-11;/h4-5,8H,1-3,6-7,12H2;1H. The molecule has 14 heavy (non-hydrogen) atoms. The second-order valence-electron chi connectivity index (χ2n) is 3.42. The number of aryl methyl sites for hydroxylation is 2. The van der Waals surface area contributed by atoms with Crippen molar-refractivity contribution in [3.63, 3.8) is 0 Å². The molecule has 0 radical (unpaired) electrons. The molecule has 0 amide bonds. The summed E-state index contributed by atoms with van der Waals surface area (Å²) in [6, 6.07) is 6.37. The van der Waals surface area contributed by atoms with E-state index in [4.69, 9.17) is 10.5 Å². The highest BCUT2D eigenvalue weighted by molar-refractivity contribution is 5.85. The molecule has 0 fully saturated rings. The summed E-state index contributed by atoms with van der Waals surface area (Å²) in [5.41, 5.74) is 8.30. The number of hydrogen-bond acceptors (Lipinski definition) is 2. The molecule has 2 rings (SSSR count). The molecule has 0 aliphatic heterocycles. The van der Waals surface area contributed by atoms with E-state index in [2.05, 4.69) is 12.1 Å². The SMILES string of the molecule is Cl.NCCOc1ccc2c(c1)CCC2. The quantitative estimate of drug-likeness (QED) is 0.833. The summed E-state index contributed by atoms with van der Waals surface area (Å²) in [6.45, 7) is 1.19. The third kappa shape index (κ3) is 2.40. The Bertz CT molecular complexity index is 301. The van der Waals surface area contributed by atoms with Crippen LogP contribution in [-0.2, 0) is 12.8 Å². The molecule has 1 aliphatic carbocycles. The average Bonchev–Trinajstić information content (AvgIpc) is 2.61. The Labute approximate surface area is 90.9 Å². The molecule has 0 saturated heterocycles. The smallest absolute Gasteiger partial charge is 0.119 e. The van der Waals surface area contributed by atoms with Crippen molar-refractivity contribution in [1.82, 2.24) is 0 Å². The molecule has 1 aromatic rings. The lowest BCUT2D eigenvalue weighted by Crippen LogP contribution is -2.10. The van der Waals surface area contributed by atoms with Crippen LogP contribution in [0.25, 0.3) is 0 Å². The zero-order valence-electron chi connectivity index (χ0n) is 8.16. The predicted molar refractivity (Wildman–Crippen MR) is 60.3 cm³/mol. The lowest BCUT2D eigenvalue weighted by Gasteiger charge is -2.06. The number of fused-ring (bicyclic) bond motifs is 1. The van der Waals surface area contributed by atoms with Gasteiger partial charge in [-0.2, -0.15) is 0 Å². The Hall–Kier alpha value is -0.730. The van der Waals surface area contributed by atoms with Crippen molar-refractivity contribution < 1.29 is 4.74 Å². The first-order valence-electron chi connectivity index (χ1n) is 4.85. The zero-order valence-corrected chi connectivity index (χ0v) is 8.98. The molecular weight excluding hydrogens is 198 g/mol. The van der Waals surface area contributed by atoms with E-state index in [0.717, 1.165) is 5.75 Å². The first-order chi connectivity index (χ1) is 6.40. The van der Waals surface area contributed by atoms with E-state index in [0.29, 0.717) is 13.2 Å². The maximum atomic E-state index is 5.46. The first kappa shape index (κ1) is 11.3. The molecule has 78 valence electrons. The number of hydrogen-bond donors (Lipinski definition) is 1. The maximum Gasteiger partial charge on any atom is 0.119 e. The van der Waals surface area contributed by atoms with Gasteiger partial charge in [0.15, 0.2) is 0 Å². The first-order valence-corrected chi connectivity index (χ1v) is 4.85. The Kier molecular flexibility index (Phi) is 4.23. The van der Waals surface area contributed by atoms with Crippen LogP contribution in [0.15, 0.2) is 18.2 Å². The van der Waals surface area contributed by atoms with E-state index in [1.54, 1.807) is 0 Å². The van der Waals surface area contributed by atoms with Crippen LogP contribution in [0.5, 0.6) is 5.75 Å². The minimum atomic E-state index is 0. The summed E-state index contributed by atoms with van der Waals surface area (Å²) in [7, 11) is 0. The van der Waals surface area contributed by atoms with E-state index < -0.39 is 0 Å². The van der Waals surface area contributed by atoms with E-state index in [1.807, 2.05) is 6.07 Å². The molecule has 0 saturated carbocycles. The number of ether oxygens (including phenoxy) is 1. The molecule has 2 N–H and O–H groups in total. The van der Waals surface area contributed by atoms with Crippen molar-refractivity contribution in [2.24, 2.45) is 5.73 Å². The average molecular weight is 214 g/mol. The van der Waals surface area contributed by atoms with Crippen molar-refractivity contribution in [3.05, 3.63) is 29.3 Å². The number of nitrogens with two attached hydrogens (primary N) is 1. The van der Waals surface area contributed by atoms with Gasteiger partial charge in [0.05, 0.1) is 0 Å². The van der Waals surface area contributed by atoms with Gasteiger partial charge in [-0.25, -0.2) is 0 Å². The van der Waals surface area contributed by atoms with Crippen molar-refractivity contribution in [1.29, 1.82) is 0 Å². The molecule has 0 atom stereocenters. The number of benzene rings is 1. The molecule has 2 nitrogen and oxygen atoms in total. The molecule has 0 unspecified atom stereocenters. The highest BCUT2D eigenvalue weighted by Gasteiger charge is 2.10. The fourth-order valence-corrected chi connectivity index (χ4v) is 1.81. The molecule has 0 spiro atoms. The van der Waals surface area contributed by atoms with Gasteiger partial charge in [0.1, 0.15) is 12.4 Å². The molecule has 3 heteroatoms. The molecule has 1 aliphatic rings. The van der Waals surface area contributed by atoms with Crippen molar-refractivity contribution in [2.45, 2.75) is 19.3 Å². The van der Waals surface area contributed by atoms with Crippen LogP contribution in [0.2, 0.25) is 0 Å². The van der Waals surface area contributed by atoms with Crippen LogP contribution in [0.4, 0.5) is 0 Å². The van der Waals surface area contributed by atoms with Crippen molar-refractivity contribution in [2.75, 3.05) is 13.2 Å². The van der Waals surface area contributed by atoms with Crippen LogP contribution < -0.4 is 10.5 Å². The van der Waals surface area contributed by atoms with E-state index in [9.17, 15) is 0 Å². The van der Waals surface area contributed by atoms with Gasteiger partial charge in [-0.15, -0.1) is 12.4 Å². The second kappa shape index (κ2) is 5.23. The van der Waals surface area contributed by atoms with Crippen LogP contribution in [0, 0.1) is 0 Å². The largest absolute Gasteiger partial charge is 0.492 e. The zero-order chi connectivity index (χ0) is 9.10. The Balaban J connectivity index is 0.000000980. The minimum absolute atomic E-state index is 0. The Morgan fingerprint density at radius 1 is 1.21 bits per heavy atom. The van der Waals surface area contributed by atoms with Crippen LogP contribution in [0.1, 0.15) is 17.5 Å². The minimum Gasteiger partial charge on any atom is -0.492 e. The predicted octanol–water partition coefficient (Wildman–Crippen LogP) is 1.93. The molecular formula is C11H16ClNO. The monoisotopic (exact) mass is 213 g/mol. The van der Waals surface area contributed by atoms with Gasteiger partial charge in [-0.05, 0) is 42.5 Å². The lowest BCUT2D eigenvalue weighted by molar-refractivity contribution is 0.328. The van der Waals surface area contributed by atoms with Gasteiger partial charge in [0.25, 0.3) is 0 Å². The normalized spacial score (nSPS) is 13.2. The van der Waals surface area contributed by atoms with Crippen molar-refractivity contribution >= 4 is 12.4 Å². The second-order valence-corrected chi connectivity index (χ2v) is 3.42. The van der Waals surface area contributed by atoms with Gasteiger partial charge in [0, 0.05) is 6.54 Å². The fourth-order valence-electron chi connectivity index (χ4n) is 1.81. The lowest BCUT2D eigenvalue weighted by atomic mass is 10.1. The van der Waals surface area contributed by atoms with Crippen molar-refractivity contribution in [3.8, 4) is 5.75 Å². The van der Waals surface area contributed by atoms with E-state index in [-0.39, 0.29) is 12.4 Å². The summed E-state index contributed by atoms with van der Waals surface area (Å²) in [5, 5.41) is 0. The van der Waals surface area contributed by atoms with Crippen LogP contribution in [0.3, 0.4) is 0 Å². The fraction of sp³-hybridized carbons (Fsp3) is 0.455. The molecule has 0 heterocycles. The molecule has 1 aromatic carbocycles. The maximum absolute atomic E-state index is 5.46. The topological polar surface area (TPSA) is 35.2 Å². The highest BCUT2D eigenvalue weighted by Crippen LogP contribution is 2.25. The van der Waals surface area contributed by atoms with E-state index in [1.165, 1.54) is 30.4 Å². The van der Waals surface area contributed by atoms with Gasteiger partial charge in [-0.1, -0.05) is 6.07 Å². The van der Waals surface area contributed by atoms with E-state index >= 15 is 0 Å². The van der Waals surface area contributed by atoms with Gasteiger partial charge >= 0.3 is 0 Å². The highest BCUT2D eigenvalue weighted by atomic mass is 35.5. The summed E-state index contributed by atoms with van der Waals surface area (Å²) in [6.07, 6.45) is 3.72. The summed E-state index contributed by atoms with van der Waals surface area (Å²) in [4.78, 5) is 0. The van der Waals surface area contributed by atoms with Gasteiger partial charge in [0.2, 0.25) is 0 Å². The summed E-state index contributed by atoms with van der Waals surface area (Å²) in [5.74, 6) is 0.964. The third-order valence-corrected chi connectivity index (χ3v) is 2.46. The number of halogens is 1. The summed E-state index contributed by atoms with van der Waals surface area (Å²) >= 11 is 0. The third-order valence-electron chi connectivity index (χ3n) is 2.46.